The Bertz CT molecular complexity index is 1770. The lowest BCUT2D eigenvalue weighted by Crippen LogP contribution is -2.53. The molecule has 2 aliphatic rings. The van der Waals surface area contributed by atoms with Crippen molar-refractivity contribution in [2.75, 3.05) is 24.6 Å². The molecule has 2 N–H and O–H groups in total. The fraction of sp³-hybridized carbons (Fsp3) is 0.267. The summed E-state index contributed by atoms with van der Waals surface area (Å²) in [6.07, 6.45) is 3.30. The van der Waals surface area contributed by atoms with Crippen LogP contribution in [0.5, 0.6) is 6.01 Å². The second-order valence-electron chi connectivity index (χ2n) is 10.4. The summed E-state index contributed by atoms with van der Waals surface area (Å²) in [6, 6.07) is 14.0. The summed E-state index contributed by atoms with van der Waals surface area (Å²) < 4.78 is 35.6. The maximum atomic E-state index is 16.4. The molecule has 0 spiro atoms. The van der Waals surface area contributed by atoms with Gasteiger partial charge in [-0.15, -0.1) is 0 Å². The molecule has 0 saturated carbocycles. The van der Waals surface area contributed by atoms with Gasteiger partial charge in [0.15, 0.2) is 5.82 Å². The number of pyridine rings is 2. The fourth-order valence-corrected chi connectivity index (χ4v) is 6.08. The largest absolute Gasteiger partial charge is 0.463 e. The Morgan fingerprint density at radius 2 is 1.88 bits per heavy atom. The van der Waals surface area contributed by atoms with E-state index in [4.69, 9.17) is 16.3 Å². The molecule has 2 aromatic carbocycles. The first-order valence-electron chi connectivity index (χ1n) is 13.4. The fourth-order valence-electron chi connectivity index (χ4n) is 5.80. The van der Waals surface area contributed by atoms with Crippen molar-refractivity contribution >= 4 is 39.1 Å². The molecule has 2 aliphatic heterocycles. The van der Waals surface area contributed by atoms with Crippen molar-refractivity contribution in [2.24, 2.45) is 0 Å². The lowest BCUT2D eigenvalue weighted by Gasteiger charge is -2.34. The summed E-state index contributed by atoms with van der Waals surface area (Å²) in [5.41, 5.74) is 1.40. The summed E-state index contributed by atoms with van der Waals surface area (Å²) in [5, 5.41) is 16.4. The van der Waals surface area contributed by atoms with Crippen LogP contribution in [0.4, 0.5) is 14.6 Å². The number of piperazine rings is 1. The van der Waals surface area contributed by atoms with E-state index in [1.807, 2.05) is 29.2 Å². The van der Waals surface area contributed by atoms with Gasteiger partial charge in [0.25, 0.3) is 0 Å². The van der Waals surface area contributed by atoms with Gasteiger partial charge in [-0.05, 0) is 30.0 Å². The number of benzene rings is 2. The third-order valence-electron chi connectivity index (χ3n) is 7.73. The number of ether oxygens (including phenoxy) is 1. The van der Waals surface area contributed by atoms with Crippen molar-refractivity contribution in [3.63, 3.8) is 0 Å². The van der Waals surface area contributed by atoms with Gasteiger partial charge in [-0.1, -0.05) is 41.9 Å². The van der Waals surface area contributed by atoms with Gasteiger partial charge in [0.1, 0.15) is 22.8 Å². The molecule has 7 rings (SSSR count). The Morgan fingerprint density at radius 1 is 1.02 bits per heavy atom. The SMILES string of the molecule is O[C@@H]1C[C@@H]2CN(c3nc(OCCc4ccc(F)cn4)nc4c(F)c(-c5cccc6cccc(Cl)c56)ncc34)C[C@H]1N2. The normalized spacial score (nSPS) is 20.2. The molecule has 2 fully saturated rings. The van der Waals surface area contributed by atoms with Gasteiger partial charge in [-0.3, -0.25) is 9.97 Å². The zero-order valence-electron chi connectivity index (χ0n) is 21.8. The van der Waals surface area contributed by atoms with Gasteiger partial charge < -0.3 is 20.1 Å². The Hall–Kier alpha value is -3.99. The Balaban J connectivity index is 1.31. The zero-order valence-corrected chi connectivity index (χ0v) is 22.5. The van der Waals surface area contributed by atoms with Crippen molar-refractivity contribution in [3.8, 4) is 17.3 Å². The summed E-state index contributed by atoms with van der Waals surface area (Å²) in [7, 11) is 0. The third kappa shape index (κ3) is 4.81. The molecule has 5 heterocycles. The van der Waals surface area contributed by atoms with Gasteiger partial charge in [-0.25, -0.2) is 8.78 Å². The summed E-state index contributed by atoms with van der Waals surface area (Å²) in [5.74, 6) is -0.536. The van der Waals surface area contributed by atoms with Crippen molar-refractivity contribution in [1.82, 2.24) is 25.3 Å². The number of nitrogens with zero attached hydrogens (tertiary/aromatic N) is 5. The lowest BCUT2D eigenvalue weighted by atomic mass is 10.0. The van der Waals surface area contributed by atoms with Crippen LogP contribution < -0.4 is 15.0 Å². The van der Waals surface area contributed by atoms with E-state index in [9.17, 15) is 9.50 Å². The van der Waals surface area contributed by atoms with Crippen LogP contribution in [0.25, 0.3) is 32.9 Å². The number of aromatic nitrogens is 4. The Kier molecular flexibility index (Phi) is 6.61. The highest BCUT2D eigenvalue weighted by Crippen LogP contribution is 2.38. The predicted octanol–water partition coefficient (Wildman–Crippen LogP) is 4.70. The number of fused-ring (bicyclic) bond motifs is 4. The molecule has 41 heavy (non-hydrogen) atoms. The highest BCUT2D eigenvalue weighted by Gasteiger charge is 2.40. The molecule has 3 aromatic heterocycles. The maximum absolute atomic E-state index is 16.4. The zero-order chi connectivity index (χ0) is 28.1. The van der Waals surface area contributed by atoms with Crippen molar-refractivity contribution in [2.45, 2.75) is 31.0 Å². The molecule has 0 aliphatic carbocycles. The second kappa shape index (κ2) is 10.4. The van der Waals surface area contributed by atoms with E-state index in [1.165, 1.54) is 6.07 Å². The number of nitrogens with one attached hydrogen (secondary N) is 1. The summed E-state index contributed by atoms with van der Waals surface area (Å²) in [6.45, 7) is 1.24. The van der Waals surface area contributed by atoms with E-state index >= 15 is 4.39 Å². The Labute approximate surface area is 239 Å². The minimum absolute atomic E-state index is 0.00745. The molecule has 11 heteroatoms. The maximum Gasteiger partial charge on any atom is 0.319 e. The monoisotopic (exact) mass is 574 g/mol. The first kappa shape index (κ1) is 25.9. The highest BCUT2D eigenvalue weighted by atomic mass is 35.5. The van der Waals surface area contributed by atoms with Crippen molar-refractivity contribution in [1.29, 1.82) is 0 Å². The van der Waals surface area contributed by atoms with Gasteiger partial charge in [0.05, 0.1) is 30.3 Å². The number of aliphatic hydroxyl groups excluding tert-OH is 1. The molecule has 5 aromatic rings. The van der Waals surface area contributed by atoms with E-state index in [0.29, 0.717) is 58.8 Å². The van der Waals surface area contributed by atoms with Gasteiger partial charge >= 0.3 is 6.01 Å². The van der Waals surface area contributed by atoms with E-state index in [1.54, 1.807) is 24.4 Å². The van der Waals surface area contributed by atoms with Crippen LogP contribution in [0.1, 0.15) is 12.1 Å². The average molecular weight is 575 g/mol. The van der Waals surface area contributed by atoms with Crippen LogP contribution in [0.2, 0.25) is 5.02 Å². The van der Waals surface area contributed by atoms with E-state index < -0.39 is 17.7 Å². The molecule has 8 nitrogen and oxygen atoms in total. The first-order chi connectivity index (χ1) is 19.9. The molecule has 0 amide bonds. The molecular formula is C30H25ClF2N6O2. The highest BCUT2D eigenvalue weighted by molar-refractivity contribution is 6.36. The quantitative estimate of drug-likeness (QED) is 0.301. The third-order valence-corrected chi connectivity index (χ3v) is 8.04. The van der Waals surface area contributed by atoms with Gasteiger partial charge in [0, 0.05) is 53.4 Å². The van der Waals surface area contributed by atoms with Crippen LogP contribution in [0.15, 0.2) is 60.9 Å². The van der Waals surface area contributed by atoms with Gasteiger partial charge in [-0.2, -0.15) is 9.97 Å². The molecular weight excluding hydrogens is 550 g/mol. The van der Waals surface area contributed by atoms with Crippen LogP contribution in [-0.2, 0) is 6.42 Å². The molecule has 0 radical (unpaired) electrons. The molecule has 3 atom stereocenters. The van der Waals surface area contributed by atoms with E-state index in [2.05, 4.69) is 25.3 Å². The minimum Gasteiger partial charge on any atom is -0.463 e. The lowest BCUT2D eigenvalue weighted by molar-refractivity contribution is 0.163. The number of rotatable bonds is 6. The number of halogens is 3. The predicted molar refractivity (Wildman–Crippen MR) is 152 cm³/mol. The topological polar surface area (TPSA) is 96.3 Å². The summed E-state index contributed by atoms with van der Waals surface area (Å²) >= 11 is 6.54. The van der Waals surface area contributed by atoms with Crippen LogP contribution >= 0.6 is 11.6 Å². The standard InChI is InChI=1S/C30H25ClF2N6O2/c31-22-6-2-4-16-3-1-5-20(25(16)22)27-26(33)28-21(13-35-27)29(39-14-19-11-24(40)23(15-39)36-19)38-30(37-28)41-10-9-18-8-7-17(32)12-34-18/h1-8,12-13,19,23-24,36,40H,9-11,14-15H2/t19-,23-,24-/m1/s1. The first-order valence-corrected chi connectivity index (χ1v) is 13.8. The summed E-state index contributed by atoms with van der Waals surface area (Å²) in [4.78, 5) is 19.8. The van der Waals surface area contributed by atoms with E-state index in [0.717, 1.165) is 11.6 Å². The van der Waals surface area contributed by atoms with Crippen LogP contribution in [-0.4, -0.2) is 62.9 Å². The molecule has 0 unspecified atom stereocenters. The van der Waals surface area contributed by atoms with E-state index in [-0.39, 0.29) is 35.9 Å². The molecule has 2 bridgehead atoms. The Morgan fingerprint density at radius 3 is 2.68 bits per heavy atom. The molecule has 2 saturated heterocycles. The van der Waals surface area contributed by atoms with Crippen molar-refractivity contribution in [3.05, 3.63) is 83.3 Å². The number of anilines is 1. The van der Waals surface area contributed by atoms with Crippen molar-refractivity contribution < 1.29 is 18.6 Å². The van der Waals surface area contributed by atoms with Crippen LogP contribution in [0.3, 0.4) is 0 Å². The average Bonchev–Trinajstić information content (AvgIpc) is 3.24. The molecule has 208 valence electrons. The number of hydrogen-bond acceptors (Lipinski definition) is 8. The smallest absolute Gasteiger partial charge is 0.319 e. The second-order valence-corrected chi connectivity index (χ2v) is 10.8. The number of aliphatic hydroxyl groups is 1. The van der Waals surface area contributed by atoms with Crippen LogP contribution in [0, 0.1) is 11.6 Å². The van der Waals surface area contributed by atoms with Gasteiger partial charge in [0.2, 0.25) is 0 Å². The number of hydrogen-bond donors (Lipinski definition) is 2. The minimum atomic E-state index is -0.609.